The quantitative estimate of drug-likeness (QED) is 0.690. The number of carbonyl (C=O) groups excluding carboxylic acids is 1. The number of amides is 1. The van der Waals surface area contributed by atoms with Crippen LogP contribution >= 0.6 is 0 Å². The second kappa shape index (κ2) is 4.66. The predicted molar refractivity (Wildman–Crippen MR) is 61.2 cm³/mol. The molecule has 0 spiro atoms. The molecule has 0 aromatic heterocycles. The number of hydrogen-bond donors (Lipinski definition) is 3. The van der Waals surface area contributed by atoms with Crippen molar-refractivity contribution in [2.24, 2.45) is 0 Å². The summed E-state index contributed by atoms with van der Waals surface area (Å²) >= 11 is 0. The van der Waals surface area contributed by atoms with Crippen LogP contribution in [0.3, 0.4) is 0 Å². The molecule has 6 nitrogen and oxygen atoms in total. The average Bonchev–Trinajstić information content (AvgIpc) is 2.71. The van der Waals surface area contributed by atoms with Crippen LogP contribution in [-0.4, -0.2) is 50.8 Å². The Bertz CT molecular complexity index is 470. The molecule has 1 aliphatic heterocycles. The fourth-order valence-electron chi connectivity index (χ4n) is 2.04. The van der Waals surface area contributed by atoms with E-state index in [0.717, 1.165) is 4.90 Å². The van der Waals surface area contributed by atoms with Gasteiger partial charge in [-0.1, -0.05) is 0 Å². The number of phenolic OH excluding ortho intramolecular Hbond substituents is 1. The minimum Gasteiger partial charge on any atom is -0.508 e. The summed E-state index contributed by atoms with van der Waals surface area (Å²) in [6, 6.07) is 4.55. The Labute approximate surface area is 103 Å². The van der Waals surface area contributed by atoms with Gasteiger partial charge in [-0.25, -0.2) is 4.79 Å². The topological polar surface area (TPSA) is 98.1 Å². The van der Waals surface area contributed by atoms with E-state index in [4.69, 9.17) is 10.2 Å². The summed E-state index contributed by atoms with van der Waals surface area (Å²) in [6.45, 7) is 0.0106. The number of aliphatic carboxylic acids is 1. The number of hydrogen-bond acceptors (Lipinski definition) is 4. The number of aliphatic hydroxyl groups excluding tert-OH is 1. The molecule has 1 aromatic carbocycles. The number of benzene rings is 1. The maximum Gasteiger partial charge on any atom is 0.326 e. The first-order chi connectivity index (χ1) is 8.49. The first-order valence-electron chi connectivity index (χ1n) is 5.50. The normalized spacial score (nSPS) is 23.1. The number of rotatable bonds is 2. The van der Waals surface area contributed by atoms with Crippen molar-refractivity contribution in [1.82, 2.24) is 4.90 Å². The Hall–Kier alpha value is -2.08. The van der Waals surface area contributed by atoms with Crippen molar-refractivity contribution >= 4 is 11.9 Å². The van der Waals surface area contributed by atoms with Gasteiger partial charge in [-0.3, -0.25) is 4.79 Å². The van der Waals surface area contributed by atoms with Gasteiger partial charge in [-0.2, -0.15) is 0 Å². The molecule has 6 heteroatoms. The van der Waals surface area contributed by atoms with Gasteiger partial charge in [-0.05, 0) is 24.3 Å². The summed E-state index contributed by atoms with van der Waals surface area (Å²) in [5.74, 6) is -1.56. The highest BCUT2D eigenvalue weighted by atomic mass is 16.4. The predicted octanol–water partition coefficient (Wildman–Crippen LogP) is 0.0522. The molecule has 1 saturated heterocycles. The molecule has 96 valence electrons. The number of aromatic hydroxyl groups is 1. The molecular formula is C12H13NO5. The summed E-state index contributed by atoms with van der Waals surface area (Å²) < 4.78 is 0. The summed E-state index contributed by atoms with van der Waals surface area (Å²) in [4.78, 5) is 24.2. The highest BCUT2D eigenvalue weighted by Gasteiger charge is 2.39. The van der Waals surface area contributed by atoms with E-state index in [1.54, 1.807) is 0 Å². The molecule has 18 heavy (non-hydrogen) atoms. The number of likely N-dealkylation sites (tertiary alicyclic amines) is 1. The molecule has 1 aliphatic rings. The summed E-state index contributed by atoms with van der Waals surface area (Å²) in [5, 5.41) is 27.6. The minimum absolute atomic E-state index is 0.0106. The van der Waals surface area contributed by atoms with Gasteiger partial charge in [0, 0.05) is 18.5 Å². The first kappa shape index (κ1) is 12.4. The third-order valence-corrected chi connectivity index (χ3v) is 2.94. The van der Waals surface area contributed by atoms with Crippen molar-refractivity contribution in [3.8, 4) is 5.75 Å². The van der Waals surface area contributed by atoms with Crippen molar-refractivity contribution in [3.63, 3.8) is 0 Å². The van der Waals surface area contributed by atoms with Crippen LogP contribution in [-0.2, 0) is 4.79 Å². The number of nitrogens with zero attached hydrogens (tertiary/aromatic N) is 1. The van der Waals surface area contributed by atoms with Crippen LogP contribution in [0.15, 0.2) is 24.3 Å². The molecule has 1 amide bonds. The minimum atomic E-state index is -1.13. The standard InChI is InChI=1S/C12H13NO5/c14-8-3-1-7(2-4-8)11(16)13-6-9(15)5-10(13)12(17)18/h1-4,9-10,14-15H,5-6H2,(H,17,18)/t9-,10+/m1/s1. The van der Waals surface area contributed by atoms with E-state index in [9.17, 15) is 14.7 Å². The molecule has 0 radical (unpaired) electrons. The van der Waals surface area contributed by atoms with Gasteiger partial charge in [0.25, 0.3) is 5.91 Å². The molecule has 3 N–H and O–H groups in total. The van der Waals surface area contributed by atoms with Crippen molar-refractivity contribution in [1.29, 1.82) is 0 Å². The molecule has 0 unspecified atom stereocenters. The summed E-state index contributed by atoms with van der Waals surface area (Å²) in [6.07, 6.45) is -0.772. The van der Waals surface area contributed by atoms with Crippen molar-refractivity contribution < 1.29 is 24.9 Å². The highest BCUT2D eigenvalue weighted by molar-refractivity contribution is 5.97. The number of aliphatic hydroxyl groups is 1. The van der Waals surface area contributed by atoms with E-state index in [1.165, 1.54) is 24.3 Å². The zero-order valence-electron chi connectivity index (χ0n) is 9.48. The van der Waals surface area contributed by atoms with Crippen molar-refractivity contribution in [2.45, 2.75) is 18.6 Å². The maximum absolute atomic E-state index is 12.1. The van der Waals surface area contributed by atoms with E-state index in [2.05, 4.69) is 0 Å². The third kappa shape index (κ3) is 2.28. The Balaban J connectivity index is 2.22. The van der Waals surface area contributed by atoms with Crippen LogP contribution in [0.4, 0.5) is 0 Å². The molecule has 2 rings (SSSR count). The van der Waals surface area contributed by atoms with Crippen LogP contribution in [0.25, 0.3) is 0 Å². The maximum atomic E-state index is 12.1. The molecule has 0 aliphatic carbocycles. The molecule has 1 fully saturated rings. The van der Waals surface area contributed by atoms with Crippen molar-refractivity contribution in [3.05, 3.63) is 29.8 Å². The molecule has 0 bridgehead atoms. The van der Waals surface area contributed by atoms with E-state index >= 15 is 0 Å². The summed E-state index contributed by atoms with van der Waals surface area (Å²) in [7, 11) is 0. The largest absolute Gasteiger partial charge is 0.508 e. The van der Waals surface area contributed by atoms with Gasteiger partial charge in [0.2, 0.25) is 0 Å². The zero-order chi connectivity index (χ0) is 13.3. The van der Waals surface area contributed by atoms with Crippen LogP contribution in [0, 0.1) is 0 Å². The van der Waals surface area contributed by atoms with Crippen LogP contribution in [0.2, 0.25) is 0 Å². The molecule has 2 atom stereocenters. The van der Waals surface area contributed by atoms with Crippen LogP contribution in [0.5, 0.6) is 5.75 Å². The number of carbonyl (C=O) groups is 2. The fourth-order valence-corrected chi connectivity index (χ4v) is 2.04. The Kier molecular flexibility index (Phi) is 3.20. The van der Waals surface area contributed by atoms with Gasteiger partial charge >= 0.3 is 5.97 Å². The van der Waals surface area contributed by atoms with Crippen LogP contribution in [0.1, 0.15) is 16.8 Å². The lowest BCUT2D eigenvalue weighted by atomic mass is 10.1. The average molecular weight is 251 g/mol. The lowest BCUT2D eigenvalue weighted by Gasteiger charge is -2.21. The lowest BCUT2D eigenvalue weighted by Crippen LogP contribution is -2.40. The van der Waals surface area contributed by atoms with Gasteiger partial charge in [-0.15, -0.1) is 0 Å². The first-order valence-corrected chi connectivity index (χ1v) is 5.50. The Morgan fingerprint density at radius 1 is 1.22 bits per heavy atom. The number of phenols is 1. The van der Waals surface area contributed by atoms with E-state index in [1.807, 2.05) is 0 Å². The fraction of sp³-hybridized carbons (Fsp3) is 0.333. The SMILES string of the molecule is O=C(O)[C@@H]1C[C@@H](O)CN1C(=O)c1ccc(O)cc1. The van der Waals surface area contributed by atoms with E-state index in [-0.39, 0.29) is 24.3 Å². The number of carboxylic acid groups (broad SMARTS) is 1. The molecule has 0 saturated carbocycles. The second-order valence-corrected chi connectivity index (χ2v) is 4.25. The number of β-amino-alcohol motifs (C(OH)–C–C–N with tert-alkyl or cyclic N) is 1. The van der Waals surface area contributed by atoms with Gasteiger partial charge in [0.15, 0.2) is 0 Å². The van der Waals surface area contributed by atoms with Crippen LogP contribution < -0.4 is 0 Å². The highest BCUT2D eigenvalue weighted by Crippen LogP contribution is 2.21. The smallest absolute Gasteiger partial charge is 0.326 e. The monoisotopic (exact) mass is 251 g/mol. The third-order valence-electron chi connectivity index (χ3n) is 2.94. The molecule has 1 heterocycles. The van der Waals surface area contributed by atoms with Gasteiger partial charge in [0.1, 0.15) is 11.8 Å². The van der Waals surface area contributed by atoms with Crippen molar-refractivity contribution in [2.75, 3.05) is 6.54 Å². The van der Waals surface area contributed by atoms with E-state index < -0.39 is 24.0 Å². The van der Waals surface area contributed by atoms with Gasteiger partial charge in [0.05, 0.1) is 6.10 Å². The molecular weight excluding hydrogens is 238 g/mol. The Morgan fingerprint density at radius 3 is 2.39 bits per heavy atom. The summed E-state index contributed by atoms with van der Waals surface area (Å²) in [5.41, 5.74) is 0.285. The molecule has 1 aromatic rings. The Morgan fingerprint density at radius 2 is 1.83 bits per heavy atom. The van der Waals surface area contributed by atoms with E-state index in [0.29, 0.717) is 0 Å². The lowest BCUT2D eigenvalue weighted by molar-refractivity contribution is -0.141. The second-order valence-electron chi connectivity index (χ2n) is 4.25. The number of carboxylic acids is 1. The van der Waals surface area contributed by atoms with Gasteiger partial charge < -0.3 is 20.2 Å². The zero-order valence-corrected chi connectivity index (χ0v) is 9.48.